The molecule has 1 nitrogen and oxygen atoms in total. The van der Waals surface area contributed by atoms with Crippen LogP contribution in [-0.4, -0.2) is 13.2 Å². The van der Waals surface area contributed by atoms with E-state index in [4.69, 9.17) is 4.74 Å². The number of hydrogen-bond donors (Lipinski definition) is 0. The predicted molar refractivity (Wildman–Crippen MR) is 89.1 cm³/mol. The van der Waals surface area contributed by atoms with Gasteiger partial charge in [-0.2, -0.15) is 0 Å². The molecule has 118 valence electrons. The van der Waals surface area contributed by atoms with Gasteiger partial charge in [0, 0.05) is 6.61 Å². The average Bonchev–Trinajstić information content (AvgIpc) is 2.87. The highest BCUT2D eigenvalue weighted by Crippen LogP contribution is 2.32. The van der Waals surface area contributed by atoms with Crippen molar-refractivity contribution < 1.29 is 4.74 Å². The molecule has 0 aromatic rings. The van der Waals surface area contributed by atoms with Gasteiger partial charge in [-0.3, -0.25) is 0 Å². The first-order valence-corrected chi connectivity index (χ1v) is 8.99. The van der Waals surface area contributed by atoms with Crippen LogP contribution in [0.1, 0.15) is 90.9 Å². The van der Waals surface area contributed by atoms with Crippen LogP contribution in [0, 0.1) is 5.41 Å². The smallest absolute Gasteiger partial charge is 0.0525 e. The van der Waals surface area contributed by atoms with Gasteiger partial charge in [0.1, 0.15) is 0 Å². The highest BCUT2D eigenvalue weighted by atomic mass is 16.5. The van der Waals surface area contributed by atoms with Gasteiger partial charge in [0.15, 0.2) is 0 Å². The maximum atomic E-state index is 5.85. The summed E-state index contributed by atoms with van der Waals surface area (Å²) in [5.74, 6) is 0. The number of hydrogen-bond acceptors (Lipinski definition) is 1. The fraction of sp³-hybridized carbons (Fsp3) is 0.895. The summed E-state index contributed by atoms with van der Waals surface area (Å²) in [4.78, 5) is 0. The second-order valence-electron chi connectivity index (χ2n) is 6.92. The van der Waals surface area contributed by atoms with Crippen molar-refractivity contribution in [1.82, 2.24) is 0 Å². The molecule has 1 rings (SSSR count). The van der Waals surface area contributed by atoms with Crippen molar-refractivity contribution in [2.45, 2.75) is 90.9 Å². The Bertz CT molecular complexity index is 236. The van der Waals surface area contributed by atoms with E-state index < -0.39 is 0 Å². The van der Waals surface area contributed by atoms with Crippen LogP contribution in [0.25, 0.3) is 0 Å². The molecule has 1 aliphatic rings. The van der Waals surface area contributed by atoms with Gasteiger partial charge in [-0.05, 0) is 24.7 Å². The topological polar surface area (TPSA) is 9.23 Å². The molecule has 0 saturated heterocycles. The highest BCUT2D eigenvalue weighted by Gasteiger charge is 2.24. The van der Waals surface area contributed by atoms with Crippen molar-refractivity contribution in [2.75, 3.05) is 13.2 Å². The zero-order valence-corrected chi connectivity index (χ0v) is 14.0. The maximum Gasteiger partial charge on any atom is 0.0525 e. The summed E-state index contributed by atoms with van der Waals surface area (Å²) >= 11 is 0. The SMILES string of the molecule is CCCCCCCCCCCCOCC1(C)CC=CC1. The number of rotatable bonds is 13. The van der Waals surface area contributed by atoms with Crippen molar-refractivity contribution >= 4 is 0 Å². The van der Waals surface area contributed by atoms with Crippen molar-refractivity contribution in [1.29, 1.82) is 0 Å². The Balaban J connectivity index is 1.74. The minimum Gasteiger partial charge on any atom is -0.381 e. The molecule has 1 heteroatoms. The van der Waals surface area contributed by atoms with Crippen LogP contribution in [0.15, 0.2) is 12.2 Å². The van der Waals surface area contributed by atoms with Gasteiger partial charge < -0.3 is 4.74 Å². The monoisotopic (exact) mass is 280 g/mol. The lowest BCUT2D eigenvalue weighted by Crippen LogP contribution is -2.19. The third-order valence-corrected chi connectivity index (χ3v) is 4.48. The standard InChI is InChI=1S/C19H36O/c1-3-4-5-6-7-8-9-10-11-14-17-20-18-19(2)15-12-13-16-19/h12-13H,3-11,14-18H2,1-2H3. The van der Waals surface area contributed by atoms with Crippen molar-refractivity contribution in [3.8, 4) is 0 Å². The lowest BCUT2D eigenvalue weighted by molar-refractivity contribution is 0.0570. The van der Waals surface area contributed by atoms with E-state index in [-0.39, 0.29) is 0 Å². The van der Waals surface area contributed by atoms with Crippen LogP contribution >= 0.6 is 0 Å². The number of unbranched alkanes of at least 4 members (excludes halogenated alkanes) is 9. The molecule has 0 N–H and O–H groups in total. The van der Waals surface area contributed by atoms with Gasteiger partial charge in [0.25, 0.3) is 0 Å². The zero-order valence-electron chi connectivity index (χ0n) is 14.0. The minimum atomic E-state index is 0.401. The zero-order chi connectivity index (χ0) is 14.5. The molecule has 0 fully saturated rings. The molecule has 0 radical (unpaired) electrons. The molecule has 0 unspecified atom stereocenters. The van der Waals surface area contributed by atoms with E-state index in [0.717, 1.165) is 13.2 Å². The van der Waals surface area contributed by atoms with Crippen molar-refractivity contribution in [2.24, 2.45) is 5.41 Å². The summed E-state index contributed by atoms with van der Waals surface area (Å²) in [6.07, 6.45) is 21.0. The van der Waals surface area contributed by atoms with E-state index in [1.807, 2.05) is 0 Å². The lowest BCUT2D eigenvalue weighted by Gasteiger charge is -2.23. The molecule has 0 aromatic carbocycles. The van der Waals surface area contributed by atoms with E-state index in [2.05, 4.69) is 26.0 Å². The molecule has 0 aromatic heterocycles. The second kappa shape index (κ2) is 11.4. The fourth-order valence-corrected chi connectivity index (χ4v) is 2.95. The molecule has 0 atom stereocenters. The minimum absolute atomic E-state index is 0.401. The van der Waals surface area contributed by atoms with Crippen LogP contribution in [0.3, 0.4) is 0 Å². The summed E-state index contributed by atoms with van der Waals surface area (Å²) in [6, 6.07) is 0. The van der Waals surface area contributed by atoms with E-state index in [0.29, 0.717) is 5.41 Å². The van der Waals surface area contributed by atoms with E-state index >= 15 is 0 Å². The molecule has 0 heterocycles. The van der Waals surface area contributed by atoms with Gasteiger partial charge in [-0.25, -0.2) is 0 Å². The van der Waals surface area contributed by atoms with E-state index in [1.165, 1.54) is 77.0 Å². The Kier molecular flexibility index (Phi) is 10.1. The quantitative estimate of drug-likeness (QED) is 0.285. The van der Waals surface area contributed by atoms with Gasteiger partial charge in [0.05, 0.1) is 6.61 Å². The van der Waals surface area contributed by atoms with Gasteiger partial charge >= 0.3 is 0 Å². The molecule has 0 spiro atoms. The number of ether oxygens (including phenoxy) is 1. The lowest BCUT2D eigenvalue weighted by atomic mass is 9.89. The van der Waals surface area contributed by atoms with E-state index in [1.54, 1.807) is 0 Å². The van der Waals surface area contributed by atoms with Crippen LogP contribution in [0.5, 0.6) is 0 Å². The maximum absolute atomic E-state index is 5.85. The molecule has 0 saturated carbocycles. The Labute approximate surface area is 127 Å². The molecule has 0 bridgehead atoms. The Morgan fingerprint density at radius 2 is 1.30 bits per heavy atom. The Hall–Kier alpha value is -0.300. The van der Waals surface area contributed by atoms with Gasteiger partial charge in [-0.1, -0.05) is 83.8 Å². The van der Waals surface area contributed by atoms with Crippen LogP contribution in [-0.2, 0) is 4.74 Å². The van der Waals surface area contributed by atoms with E-state index in [9.17, 15) is 0 Å². The highest BCUT2D eigenvalue weighted by molar-refractivity contribution is 5.00. The largest absolute Gasteiger partial charge is 0.381 e. The molecule has 1 aliphatic carbocycles. The summed E-state index contributed by atoms with van der Waals surface area (Å²) in [6.45, 7) is 6.53. The third kappa shape index (κ3) is 8.79. The predicted octanol–water partition coefficient (Wildman–Crippen LogP) is 6.28. The third-order valence-electron chi connectivity index (χ3n) is 4.48. The molecule has 0 amide bonds. The summed E-state index contributed by atoms with van der Waals surface area (Å²) < 4.78 is 5.85. The van der Waals surface area contributed by atoms with Crippen molar-refractivity contribution in [3.63, 3.8) is 0 Å². The molecular formula is C19H36O. The van der Waals surface area contributed by atoms with Gasteiger partial charge in [-0.15, -0.1) is 0 Å². The Morgan fingerprint density at radius 1 is 0.800 bits per heavy atom. The second-order valence-corrected chi connectivity index (χ2v) is 6.92. The molecule has 20 heavy (non-hydrogen) atoms. The molecular weight excluding hydrogens is 244 g/mol. The number of allylic oxidation sites excluding steroid dienone is 2. The van der Waals surface area contributed by atoms with Crippen LogP contribution in [0.2, 0.25) is 0 Å². The van der Waals surface area contributed by atoms with Gasteiger partial charge in [0.2, 0.25) is 0 Å². The summed E-state index contributed by atoms with van der Waals surface area (Å²) in [7, 11) is 0. The normalized spacial score (nSPS) is 16.9. The first kappa shape index (κ1) is 17.8. The first-order chi connectivity index (χ1) is 9.77. The van der Waals surface area contributed by atoms with Crippen molar-refractivity contribution in [3.05, 3.63) is 12.2 Å². The van der Waals surface area contributed by atoms with Crippen LogP contribution in [0.4, 0.5) is 0 Å². The summed E-state index contributed by atoms with van der Waals surface area (Å²) in [5.41, 5.74) is 0.401. The average molecular weight is 280 g/mol. The Morgan fingerprint density at radius 3 is 1.85 bits per heavy atom. The molecule has 0 aliphatic heterocycles. The van der Waals surface area contributed by atoms with Crippen LogP contribution < -0.4 is 0 Å². The fourth-order valence-electron chi connectivity index (χ4n) is 2.95. The first-order valence-electron chi connectivity index (χ1n) is 8.99. The summed E-state index contributed by atoms with van der Waals surface area (Å²) in [5, 5.41) is 0.